The van der Waals surface area contributed by atoms with Gasteiger partial charge in [-0.05, 0) is 57.2 Å². The molecule has 1 atom stereocenters. The number of nitrogens with zero attached hydrogens (tertiary/aromatic N) is 1. The number of hydrogen-bond donors (Lipinski definition) is 1. The van der Waals surface area contributed by atoms with E-state index in [0.29, 0.717) is 29.5 Å². The first-order chi connectivity index (χ1) is 13.6. The predicted molar refractivity (Wildman–Crippen MR) is 110 cm³/mol. The first kappa shape index (κ1) is 18.8. The monoisotopic (exact) mass is 400 g/mol. The van der Waals surface area contributed by atoms with Gasteiger partial charge in [0.05, 0.1) is 24.4 Å². The Balaban J connectivity index is 1.65. The van der Waals surface area contributed by atoms with Crippen molar-refractivity contribution in [3.05, 3.63) is 40.3 Å². The van der Waals surface area contributed by atoms with E-state index in [4.69, 9.17) is 9.47 Å². The summed E-state index contributed by atoms with van der Waals surface area (Å²) in [6, 6.07) is 7.24. The zero-order valence-electron chi connectivity index (χ0n) is 16.1. The number of nitrogens with one attached hydrogen (secondary N) is 1. The summed E-state index contributed by atoms with van der Waals surface area (Å²) in [6.07, 6.45) is 3.85. The van der Waals surface area contributed by atoms with Crippen molar-refractivity contribution in [2.45, 2.75) is 45.6 Å². The summed E-state index contributed by atoms with van der Waals surface area (Å²) in [5, 5.41) is 3.58. The zero-order valence-corrected chi connectivity index (χ0v) is 16.9. The number of ether oxygens (including phenoxy) is 2. The molecule has 148 valence electrons. The highest BCUT2D eigenvalue weighted by molar-refractivity contribution is 7.17. The lowest BCUT2D eigenvalue weighted by molar-refractivity contribution is 0.0526. The number of para-hydroxylation sites is 2. The van der Waals surface area contributed by atoms with Gasteiger partial charge in [0.1, 0.15) is 16.9 Å². The maximum Gasteiger partial charge on any atom is 0.341 e. The number of aryl methyl sites for hydroxylation is 1. The molecule has 0 fully saturated rings. The summed E-state index contributed by atoms with van der Waals surface area (Å²) in [5.41, 5.74) is 2.31. The van der Waals surface area contributed by atoms with Crippen LogP contribution in [-0.2, 0) is 17.6 Å². The lowest BCUT2D eigenvalue weighted by atomic mass is 9.95. The number of hydrogen-bond acceptors (Lipinski definition) is 5. The number of benzene rings is 1. The van der Waals surface area contributed by atoms with Gasteiger partial charge in [-0.2, -0.15) is 0 Å². The van der Waals surface area contributed by atoms with Gasteiger partial charge in [0.2, 0.25) is 0 Å². The van der Waals surface area contributed by atoms with Crippen molar-refractivity contribution >= 4 is 34.0 Å². The first-order valence-corrected chi connectivity index (χ1v) is 10.6. The molecule has 0 saturated heterocycles. The van der Waals surface area contributed by atoms with E-state index in [9.17, 15) is 9.59 Å². The van der Waals surface area contributed by atoms with Crippen LogP contribution in [0.2, 0.25) is 0 Å². The van der Waals surface area contributed by atoms with Crippen LogP contribution in [0.25, 0.3) is 0 Å². The number of esters is 1. The molecule has 0 unspecified atom stereocenters. The van der Waals surface area contributed by atoms with Gasteiger partial charge in [0, 0.05) is 4.88 Å². The topological polar surface area (TPSA) is 67.9 Å². The van der Waals surface area contributed by atoms with Gasteiger partial charge >= 0.3 is 12.0 Å². The van der Waals surface area contributed by atoms with Crippen LogP contribution >= 0.6 is 11.3 Å². The summed E-state index contributed by atoms with van der Waals surface area (Å²) < 4.78 is 11.1. The van der Waals surface area contributed by atoms with E-state index in [1.54, 1.807) is 11.8 Å². The Morgan fingerprint density at radius 3 is 2.89 bits per heavy atom. The van der Waals surface area contributed by atoms with Crippen LogP contribution in [0.3, 0.4) is 0 Å². The third-order valence-corrected chi connectivity index (χ3v) is 6.25. The minimum Gasteiger partial charge on any atom is -0.487 e. The van der Waals surface area contributed by atoms with Gasteiger partial charge in [0.15, 0.2) is 0 Å². The Kier molecular flexibility index (Phi) is 5.26. The van der Waals surface area contributed by atoms with Gasteiger partial charge in [0.25, 0.3) is 0 Å². The SMILES string of the molecule is CCOC(=O)c1c(NC(=O)N2C[C@H](C)Oc3ccccc32)sc2c1CCCC2. The van der Waals surface area contributed by atoms with E-state index in [1.165, 1.54) is 16.2 Å². The number of urea groups is 1. The van der Waals surface area contributed by atoms with E-state index >= 15 is 0 Å². The largest absolute Gasteiger partial charge is 0.487 e. The molecule has 1 N–H and O–H groups in total. The van der Waals surface area contributed by atoms with Crippen LogP contribution < -0.4 is 15.0 Å². The second kappa shape index (κ2) is 7.83. The fourth-order valence-corrected chi connectivity index (χ4v) is 5.09. The van der Waals surface area contributed by atoms with Crippen molar-refractivity contribution in [1.29, 1.82) is 0 Å². The quantitative estimate of drug-likeness (QED) is 0.763. The predicted octanol–water partition coefficient (Wildman–Crippen LogP) is 4.62. The van der Waals surface area contributed by atoms with Crippen molar-refractivity contribution < 1.29 is 19.1 Å². The van der Waals surface area contributed by atoms with Crippen LogP contribution in [0.5, 0.6) is 5.75 Å². The maximum atomic E-state index is 13.1. The number of anilines is 2. The second-order valence-electron chi connectivity index (χ2n) is 7.07. The fourth-order valence-electron chi connectivity index (χ4n) is 3.82. The summed E-state index contributed by atoms with van der Waals surface area (Å²) in [6.45, 7) is 4.49. The molecule has 2 aromatic rings. The number of carbonyl (C=O) groups is 2. The number of amides is 2. The Morgan fingerprint density at radius 1 is 1.29 bits per heavy atom. The first-order valence-electron chi connectivity index (χ1n) is 9.74. The van der Waals surface area contributed by atoms with E-state index < -0.39 is 0 Å². The molecule has 1 aromatic heterocycles. The van der Waals surface area contributed by atoms with E-state index in [0.717, 1.165) is 36.9 Å². The summed E-state index contributed by atoms with van der Waals surface area (Å²) in [4.78, 5) is 28.6. The molecule has 28 heavy (non-hydrogen) atoms. The molecule has 2 aliphatic rings. The van der Waals surface area contributed by atoms with Crippen LogP contribution in [0.4, 0.5) is 15.5 Å². The van der Waals surface area contributed by atoms with Crippen molar-refractivity contribution in [3.8, 4) is 5.75 Å². The Hall–Kier alpha value is -2.54. The normalized spacial score (nSPS) is 17.9. The average molecular weight is 401 g/mol. The highest BCUT2D eigenvalue weighted by Crippen LogP contribution is 2.39. The highest BCUT2D eigenvalue weighted by atomic mass is 32.1. The van der Waals surface area contributed by atoms with Gasteiger partial charge in [-0.15, -0.1) is 11.3 Å². The second-order valence-corrected chi connectivity index (χ2v) is 8.18. The fraction of sp³-hybridized carbons (Fsp3) is 0.429. The smallest absolute Gasteiger partial charge is 0.341 e. The molecular weight excluding hydrogens is 376 g/mol. The highest BCUT2D eigenvalue weighted by Gasteiger charge is 2.31. The summed E-state index contributed by atoms with van der Waals surface area (Å²) in [5.74, 6) is 0.334. The molecule has 0 radical (unpaired) electrons. The molecule has 0 bridgehead atoms. The molecule has 0 spiro atoms. The average Bonchev–Trinajstić information content (AvgIpc) is 3.05. The van der Waals surface area contributed by atoms with Crippen molar-refractivity contribution in [2.75, 3.05) is 23.4 Å². The molecular formula is C21H24N2O4S. The van der Waals surface area contributed by atoms with Crippen molar-refractivity contribution in [1.82, 2.24) is 0 Å². The molecule has 1 aliphatic heterocycles. The molecule has 2 heterocycles. The van der Waals surface area contributed by atoms with Gasteiger partial charge < -0.3 is 9.47 Å². The molecule has 6 nitrogen and oxygen atoms in total. The van der Waals surface area contributed by atoms with E-state index in [1.807, 2.05) is 31.2 Å². The number of carbonyl (C=O) groups excluding carboxylic acids is 2. The third-order valence-electron chi connectivity index (χ3n) is 5.04. The van der Waals surface area contributed by atoms with E-state index in [-0.39, 0.29) is 18.1 Å². The number of thiophene rings is 1. The molecule has 4 rings (SSSR count). The summed E-state index contributed by atoms with van der Waals surface area (Å²) in [7, 11) is 0. The van der Waals surface area contributed by atoms with Gasteiger partial charge in [-0.25, -0.2) is 9.59 Å². The third kappa shape index (κ3) is 3.46. The Bertz CT molecular complexity index is 908. The van der Waals surface area contributed by atoms with E-state index in [2.05, 4.69) is 5.32 Å². The van der Waals surface area contributed by atoms with Gasteiger partial charge in [-0.1, -0.05) is 12.1 Å². The number of fused-ring (bicyclic) bond motifs is 2. The van der Waals surface area contributed by atoms with Crippen LogP contribution in [0.1, 0.15) is 47.5 Å². The van der Waals surface area contributed by atoms with Gasteiger partial charge in [-0.3, -0.25) is 10.2 Å². The Labute approximate surface area is 168 Å². The van der Waals surface area contributed by atoms with Crippen LogP contribution in [-0.4, -0.2) is 31.3 Å². The zero-order chi connectivity index (χ0) is 19.7. The summed E-state index contributed by atoms with van der Waals surface area (Å²) >= 11 is 1.50. The Morgan fingerprint density at radius 2 is 2.07 bits per heavy atom. The van der Waals surface area contributed by atoms with Crippen molar-refractivity contribution in [2.24, 2.45) is 0 Å². The molecule has 2 amide bonds. The van der Waals surface area contributed by atoms with Crippen molar-refractivity contribution in [3.63, 3.8) is 0 Å². The molecule has 1 aromatic carbocycles. The molecule has 0 saturated carbocycles. The minimum atomic E-state index is -0.354. The molecule has 1 aliphatic carbocycles. The lowest BCUT2D eigenvalue weighted by Crippen LogP contribution is -2.44. The van der Waals surface area contributed by atoms with Crippen LogP contribution in [0, 0.1) is 0 Å². The minimum absolute atomic E-state index is 0.110. The maximum absolute atomic E-state index is 13.1. The standard InChI is InChI=1S/C21H24N2O4S/c1-3-26-20(24)18-14-8-4-7-11-17(14)28-19(18)22-21(25)23-12-13(2)27-16-10-6-5-9-15(16)23/h5-6,9-10,13H,3-4,7-8,11-12H2,1-2H3,(H,22,25)/t13-/m0/s1. The molecule has 7 heteroatoms. The van der Waals surface area contributed by atoms with Crippen LogP contribution in [0.15, 0.2) is 24.3 Å². The number of rotatable bonds is 3. The lowest BCUT2D eigenvalue weighted by Gasteiger charge is -2.33.